The van der Waals surface area contributed by atoms with Gasteiger partial charge in [0.1, 0.15) is 5.75 Å². The van der Waals surface area contributed by atoms with Crippen LogP contribution >= 0.6 is 0 Å². The van der Waals surface area contributed by atoms with E-state index in [1.165, 1.54) is 22.9 Å². The van der Waals surface area contributed by atoms with E-state index in [0.717, 1.165) is 50.2 Å². The van der Waals surface area contributed by atoms with Crippen molar-refractivity contribution in [3.05, 3.63) is 71.9 Å². The van der Waals surface area contributed by atoms with Crippen LogP contribution in [-0.2, 0) is 17.9 Å². The maximum atomic E-state index is 12.6. The van der Waals surface area contributed by atoms with Crippen LogP contribution in [0.5, 0.6) is 5.75 Å². The first-order chi connectivity index (χ1) is 16.5. The molecule has 1 aliphatic rings. The molecule has 1 saturated heterocycles. The summed E-state index contributed by atoms with van der Waals surface area (Å²) < 4.78 is 6.13. The summed E-state index contributed by atoms with van der Waals surface area (Å²) in [7, 11) is 2.14. The monoisotopic (exact) mass is 459 g/mol. The Kier molecular flexibility index (Phi) is 8.17. The molecule has 0 spiro atoms. The minimum Gasteiger partial charge on any atom is -0.494 e. The number of aromatic nitrogens is 1. The molecule has 2 aromatic carbocycles. The summed E-state index contributed by atoms with van der Waals surface area (Å²) >= 11 is 0. The molecule has 1 aliphatic heterocycles. The number of pyridine rings is 1. The molecule has 0 bridgehead atoms. The first-order valence-corrected chi connectivity index (χ1v) is 12.5. The van der Waals surface area contributed by atoms with Crippen molar-refractivity contribution in [1.82, 2.24) is 14.8 Å². The second-order valence-corrected chi connectivity index (χ2v) is 9.79. The third-order valence-electron chi connectivity index (χ3n) is 6.63. The van der Waals surface area contributed by atoms with E-state index in [1.54, 1.807) is 0 Å². The number of carbonyl (C=O) groups is 1. The fourth-order valence-corrected chi connectivity index (χ4v) is 4.92. The van der Waals surface area contributed by atoms with Gasteiger partial charge in [-0.15, -0.1) is 0 Å². The quantitative estimate of drug-likeness (QED) is 0.413. The Hall–Kier alpha value is -2.92. The van der Waals surface area contributed by atoms with Gasteiger partial charge < -0.3 is 9.64 Å². The van der Waals surface area contributed by atoms with Gasteiger partial charge in [0, 0.05) is 49.6 Å². The summed E-state index contributed by atoms with van der Waals surface area (Å²) in [6, 6.07) is 19.1. The molecule has 0 N–H and O–H groups in total. The Morgan fingerprint density at radius 2 is 1.94 bits per heavy atom. The topological polar surface area (TPSA) is 45.7 Å². The predicted molar refractivity (Wildman–Crippen MR) is 138 cm³/mol. The van der Waals surface area contributed by atoms with Crippen LogP contribution in [0.4, 0.5) is 0 Å². The highest BCUT2D eigenvalue weighted by Crippen LogP contribution is 2.23. The molecule has 180 valence electrons. The van der Waals surface area contributed by atoms with Crippen molar-refractivity contribution in [2.45, 2.75) is 58.7 Å². The summed E-state index contributed by atoms with van der Waals surface area (Å²) in [5.41, 5.74) is 3.53. The third kappa shape index (κ3) is 6.15. The van der Waals surface area contributed by atoms with Crippen molar-refractivity contribution < 1.29 is 9.53 Å². The van der Waals surface area contributed by atoms with E-state index >= 15 is 0 Å². The lowest BCUT2D eigenvalue weighted by molar-refractivity contribution is -0.138. The lowest BCUT2D eigenvalue weighted by Gasteiger charge is -2.37. The normalized spacial score (nSPS) is 16.4. The van der Waals surface area contributed by atoms with Gasteiger partial charge in [-0.25, -0.2) is 0 Å². The Morgan fingerprint density at radius 1 is 1.12 bits per heavy atom. The van der Waals surface area contributed by atoms with Crippen LogP contribution in [0.3, 0.4) is 0 Å². The number of nitrogens with zero attached hydrogens (tertiary/aromatic N) is 3. The van der Waals surface area contributed by atoms with E-state index in [4.69, 9.17) is 4.74 Å². The Morgan fingerprint density at radius 3 is 2.79 bits per heavy atom. The number of amides is 1. The van der Waals surface area contributed by atoms with E-state index in [9.17, 15) is 4.79 Å². The standard InChI is InChI=1S/C29H37N3O2/c1-22(2)29(33)32-17-5-4-13-26(32)15-18-34-27-14-6-9-23(19-27)20-31(3)21-25-11-7-10-24-12-8-16-30-28(24)25/h6-12,14,16,19,22,26H,4-5,13,15,17-18,20-21H2,1-3H3. The number of piperidine rings is 1. The minimum absolute atomic E-state index is 0.0554. The molecular formula is C29H37N3O2. The van der Waals surface area contributed by atoms with Crippen molar-refractivity contribution >= 4 is 16.8 Å². The van der Waals surface area contributed by atoms with Gasteiger partial charge in [0.05, 0.1) is 12.1 Å². The van der Waals surface area contributed by atoms with Gasteiger partial charge in [-0.1, -0.05) is 50.2 Å². The first kappa shape index (κ1) is 24.2. The van der Waals surface area contributed by atoms with Crippen LogP contribution in [0.15, 0.2) is 60.8 Å². The van der Waals surface area contributed by atoms with E-state index in [-0.39, 0.29) is 11.8 Å². The summed E-state index contributed by atoms with van der Waals surface area (Å²) in [4.78, 5) is 21.5. The molecule has 5 heteroatoms. The largest absolute Gasteiger partial charge is 0.494 e. The van der Waals surface area contributed by atoms with Crippen molar-refractivity contribution in [1.29, 1.82) is 0 Å². The van der Waals surface area contributed by atoms with Crippen LogP contribution in [0.2, 0.25) is 0 Å². The summed E-state index contributed by atoms with van der Waals surface area (Å²) in [5, 5.41) is 1.18. The average molecular weight is 460 g/mol. The summed E-state index contributed by atoms with van der Waals surface area (Å²) in [6.07, 6.45) is 6.13. The van der Waals surface area contributed by atoms with Gasteiger partial charge >= 0.3 is 0 Å². The number of rotatable bonds is 9. The van der Waals surface area contributed by atoms with Crippen LogP contribution < -0.4 is 4.74 Å². The molecule has 0 aliphatic carbocycles. The van der Waals surface area contributed by atoms with Crippen LogP contribution in [0.25, 0.3) is 10.9 Å². The van der Waals surface area contributed by atoms with E-state index in [1.807, 2.05) is 32.2 Å². The van der Waals surface area contributed by atoms with Crippen LogP contribution in [0.1, 0.15) is 50.7 Å². The molecule has 3 aromatic rings. The smallest absolute Gasteiger partial charge is 0.225 e. The van der Waals surface area contributed by atoms with Crippen molar-refractivity contribution in [3.63, 3.8) is 0 Å². The Balaban J connectivity index is 1.31. The molecule has 1 aromatic heterocycles. The molecule has 0 radical (unpaired) electrons. The zero-order valence-electron chi connectivity index (χ0n) is 20.7. The first-order valence-electron chi connectivity index (χ1n) is 12.5. The lowest BCUT2D eigenvalue weighted by Crippen LogP contribution is -2.46. The molecule has 1 amide bonds. The number of ether oxygens (including phenoxy) is 1. The molecule has 0 saturated carbocycles. The number of hydrogen-bond donors (Lipinski definition) is 0. The molecule has 5 nitrogen and oxygen atoms in total. The fraction of sp³-hybridized carbons (Fsp3) is 0.448. The number of carbonyl (C=O) groups excluding carboxylic acids is 1. The highest BCUT2D eigenvalue weighted by atomic mass is 16.5. The molecule has 1 fully saturated rings. The van der Waals surface area contributed by atoms with Crippen LogP contribution in [0, 0.1) is 5.92 Å². The predicted octanol–water partition coefficient (Wildman–Crippen LogP) is 5.67. The minimum atomic E-state index is 0.0554. The lowest BCUT2D eigenvalue weighted by atomic mass is 9.98. The second kappa shape index (κ2) is 11.5. The SMILES string of the molecule is CC(C)C(=O)N1CCCCC1CCOc1cccc(CN(C)Cc2cccc3cccnc23)c1. The van der Waals surface area contributed by atoms with Gasteiger partial charge in [-0.2, -0.15) is 0 Å². The highest BCUT2D eigenvalue weighted by Gasteiger charge is 2.27. The zero-order valence-corrected chi connectivity index (χ0v) is 20.7. The second-order valence-electron chi connectivity index (χ2n) is 9.79. The molecule has 4 rings (SSSR count). The molecule has 1 unspecified atom stereocenters. The summed E-state index contributed by atoms with van der Waals surface area (Å²) in [5.74, 6) is 1.23. The van der Waals surface area contributed by atoms with E-state index < -0.39 is 0 Å². The van der Waals surface area contributed by atoms with Crippen molar-refractivity contribution in [3.8, 4) is 5.75 Å². The Bertz CT molecular complexity index is 1090. The van der Waals surface area contributed by atoms with E-state index in [0.29, 0.717) is 12.6 Å². The van der Waals surface area contributed by atoms with Gasteiger partial charge in [0.15, 0.2) is 0 Å². The third-order valence-corrected chi connectivity index (χ3v) is 6.63. The molecule has 2 heterocycles. The van der Waals surface area contributed by atoms with Gasteiger partial charge in [-0.3, -0.25) is 14.7 Å². The zero-order chi connectivity index (χ0) is 23.9. The number of para-hydroxylation sites is 1. The maximum Gasteiger partial charge on any atom is 0.225 e. The van der Waals surface area contributed by atoms with Crippen molar-refractivity contribution in [2.75, 3.05) is 20.2 Å². The summed E-state index contributed by atoms with van der Waals surface area (Å²) in [6.45, 7) is 7.16. The molecular weight excluding hydrogens is 422 g/mol. The van der Waals surface area contributed by atoms with Gasteiger partial charge in [-0.05, 0) is 55.6 Å². The fourth-order valence-electron chi connectivity index (χ4n) is 4.92. The maximum absolute atomic E-state index is 12.6. The number of likely N-dealkylation sites (tertiary alicyclic amines) is 1. The molecule has 1 atom stereocenters. The number of hydrogen-bond acceptors (Lipinski definition) is 4. The van der Waals surface area contributed by atoms with Crippen LogP contribution in [-0.4, -0.2) is 46.9 Å². The average Bonchev–Trinajstić information content (AvgIpc) is 2.84. The Labute approximate surface area is 203 Å². The van der Waals surface area contributed by atoms with Gasteiger partial charge in [0.2, 0.25) is 5.91 Å². The number of fused-ring (bicyclic) bond motifs is 1. The van der Waals surface area contributed by atoms with Gasteiger partial charge in [0.25, 0.3) is 0 Å². The van der Waals surface area contributed by atoms with E-state index in [2.05, 4.69) is 64.3 Å². The molecule has 34 heavy (non-hydrogen) atoms. The highest BCUT2D eigenvalue weighted by molar-refractivity contribution is 5.81. The van der Waals surface area contributed by atoms with Crippen molar-refractivity contribution in [2.24, 2.45) is 5.92 Å². The number of benzene rings is 2.